The second kappa shape index (κ2) is 6.39. The minimum absolute atomic E-state index is 0.349. The highest BCUT2D eigenvalue weighted by Crippen LogP contribution is 2.21. The number of nitrogens with zero attached hydrogens (tertiary/aromatic N) is 4. The molecule has 2 heterocycles. The molecule has 3 rings (SSSR count). The third-order valence-electron chi connectivity index (χ3n) is 3.73. The van der Waals surface area contributed by atoms with Crippen molar-refractivity contribution in [1.29, 1.82) is 0 Å². The van der Waals surface area contributed by atoms with Gasteiger partial charge in [0.05, 0.1) is 5.69 Å². The van der Waals surface area contributed by atoms with Crippen LogP contribution < -0.4 is 10.6 Å². The summed E-state index contributed by atoms with van der Waals surface area (Å²) in [6.45, 7) is 7.25. The summed E-state index contributed by atoms with van der Waals surface area (Å²) in [6, 6.07) is 7.22. The van der Waals surface area contributed by atoms with Gasteiger partial charge in [-0.2, -0.15) is 10.1 Å². The molecule has 2 aromatic heterocycles. The number of benzene rings is 1. The number of aryl methyl sites for hydroxylation is 2. The van der Waals surface area contributed by atoms with Gasteiger partial charge in [0.1, 0.15) is 5.54 Å². The van der Waals surface area contributed by atoms with Crippen LogP contribution in [0.1, 0.15) is 31.1 Å². The van der Waals surface area contributed by atoms with Crippen molar-refractivity contribution in [3.8, 4) is 5.69 Å². The summed E-state index contributed by atoms with van der Waals surface area (Å²) in [5, 5.41) is 13.7. The molecule has 0 saturated carbocycles. The SMILES string of the molecule is Cc1noc(C(C)(C)NC(=O)Nc2cc(-n3cccn3)ccc2C)n1. The topological polar surface area (TPSA) is 97.9 Å². The average Bonchev–Trinajstić information content (AvgIpc) is 3.20. The smallest absolute Gasteiger partial charge is 0.320 e. The van der Waals surface area contributed by atoms with Crippen LogP contribution in [0.2, 0.25) is 0 Å². The van der Waals surface area contributed by atoms with E-state index < -0.39 is 5.54 Å². The van der Waals surface area contributed by atoms with Crippen molar-refractivity contribution in [1.82, 2.24) is 25.2 Å². The highest BCUT2D eigenvalue weighted by Gasteiger charge is 2.29. The summed E-state index contributed by atoms with van der Waals surface area (Å²) in [5.41, 5.74) is 1.71. The number of hydrogen-bond acceptors (Lipinski definition) is 5. The van der Waals surface area contributed by atoms with Crippen molar-refractivity contribution in [2.75, 3.05) is 5.32 Å². The first-order valence-electron chi connectivity index (χ1n) is 7.86. The number of amides is 2. The van der Waals surface area contributed by atoms with E-state index in [1.807, 2.05) is 37.4 Å². The van der Waals surface area contributed by atoms with Gasteiger partial charge in [0.15, 0.2) is 5.82 Å². The summed E-state index contributed by atoms with van der Waals surface area (Å²) in [7, 11) is 0. The van der Waals surface area contributed by atoms with Gasteiger partial charge in [0.25, 0.3) is 5.89 Å². The maximum Gasteiger partial charge on any atom is 0.320 e. The van der Waals surface area contributed by atoms with Gasteiger partial charge in [-0.1, -0.05) is 11.2 Å². The predicted molar refractivity (Wildman–Crippen MR) is 92.5 cm³/mol. The van der Waals surface area contributed by atoms with Crippen LogP contribution in [0.4, 0.5) is 10.5 Å². The van der Waals surface area contributed by atoms with E-state index in [1.165, 1.54) is 0 Å². The molecule has 2 amide bonds. The minimum Gasteiger partial charge on any atom is -0.337 e. The molecule has 2 N–H and O–H groups in total. The molecule has 0 aliphatic rings. The van der Waals surface area contributed by atoms with E-state index in [9.17, 15) is 4.79 Å². The first-order valence-corrected chi connectivity index (χ1v) is 7.86. The number of nitrogens with one attached hydrogen (secondary N) is 2. The van der Waals surface area contributed by atoms with E-state index in [-0.39, 0.29) is 6.03 Å². The quantitative estimate of drug-likeness (QED) is 0.761. The number of hydrogen-bond donors (Lipinski definition) is 2. The van der Waals surface area contributed by atoms with Crippen molar-refractivity contribution in [3.63, 3.8) is 0 Å². The second-order valence-electron chi connectivity index (χ2n) is 6.30. The minimum atomic E-state index is -0.793. The third kappa shape index (κ3) is 3.68. The number of anilines is 1. The van der Waals surface area contributed by atoms with Crippen LogP contribution in [0.25, 0.3) is 5.69 Å². The molecule has 25 heavy (non-hydrogen) atoms. The highest BCUT2D eigenvalue weighted by atomic mass is 16.5. The molecular weight excluding hydrogens is 320 g/mol. The lowest BCUT2D eigenvalue weighted by molar-refractivity contribution is 0.228. The van der Waals surface area contributed by atoms with Crippen LogP contribution >= 0.6 is 0 Å². The average molecular weight is 340 g/mol. The van der Waals surface area contributed by atoms with Crippen molar-refractivity contribution in [2.45, 2.75) is 33.2 Å². The third-order valence-corrected chi connectivity index (χ3v) is 3.73. The monoisotopic (exact) mass is 340 g/mol. The second-order valence-corrected chi connectivity index (χ2v) is 6.30. The van der Waals surface area contributed by atoms with Crippen molar-refractivity contribution < 1.29 is 9.32 Å². The van der Waals surface area contributed by atoms with Gasteiger partial charge in [-0.15, -0.1) is 0 Å². The molecule has 130 valence electrons. The Morgan fingerprint density at radius 3 is 2.72 bits per heavy atom. The largest absolute Gasteiger partial charge is 0.337 e. The van der Waals surface area contributed by atoms with Gasteiger partial charge in [-0.05, 0) is 51.5 Å². The standard InChI is InChI=1S/C17H20N6O2/c1-11-6-7-13(23-9-5-8-18-23)10-14(11)20-16(24)21-17(3,4)15-19-12(2)22-25-15/h5-10H,1-4H3,(H2,20,21,24). The Hall–Kier alpha value is -3.16. The van der Waals surface area contributed by atoms with Crippen molar-refractivity contribution >= 4 is 11.7 Å². The maximum absolute atomic E-state index is 12.4. The number of aromatic nitrogens is 4. The first kappa shape index (κ1) is 16.7. The summed E-state index contributed by atoms with van der Waals surface area (Å²) < 4.78 is 6.89. The fourth-order valence-corrected chi connectivity index (χ4v) is 2.35. The Bertz CT molecular complexity index is 882. The summed E-state index contributed by atoms with van der Waals surface area (Å²) >= 11 is 0. The molecule has 0 aliphatic carbocycles. The van der Waals surface area contributed by atoms with Gasteiger partial charge < -0.3 is 15.2 Å². The zero-order valence-corrected chi connectivity index (χ0v) is 14.6. The molecule has 0 unspecified atom stereocenters. The van der Waals surface area contributed by atoms with Gasteiger partial charge in [-0.3, -0.25) is 0 Å². The van der Waals surface area contributed by atoms with Crippen LogP contribution in [-0.4, -0.2) is 26.0 Å². The van der Waals surface area contributed by atoms with Gasteiger partial charge in [0.2, 0.25) is 0 Å². The Labute approximate surface area is 145 Å². The highest BCUT2D eigenvalue weighted by molar-refractivity contribution is 5.90. The van der Waals surface area contributed by atoms with Crippen LogP contribution in [0, 0.1) is 13.8 Å². The lowest BCUT2D eigenvalue weighted by Crippen LogP contribution is -2.43. The fraction of sp³-hybridized carbons (Fsp3) is 0.294. The molecule has 0 saturated heterocycles. The Kier molecular flexibility index (Phi) is 4.26. The molecule has 0 atom stereocenters. The van der Waals surface area contributed by atoms with E-state index in [1.54, 1.807) is 31.6 Å². The molecule has 3 aromatic rings. The van der Waals surface area contributed by atoms with E-state index in [2.05, 4.69) is 25.9 Å². The molecule has 1 aromatic carbocycles. The molecular formula is C17H20N6O2. The molecule has 8 heteroatoms. The molecule has 8 nitrogen and oxygen atoms in total. The lowest BCUT2D eigenvalue weighted by Gasteiger charge is -2.22. The summed E-state index contributed by atoms with van der Waals surface area (Å²) in [5.74, 6) is 0.871. The number of urea groups is 1. The lowest BCUT2D eigenvalue weighted by atomic mass is 10.1. The van der Waals surface area contributed by atoms with Gasteiger partial charge >= 0.3 is 6.03 Å². The van der Waals surface area contributed by atoms with Crippen LogP contribution in [0.3, 0.4) is 0 Å². The van der Waals surface area contributed by atoms with E-state index in [0.29, 0.717) is 17.4 Å². The molecule has 0 fully saturated rings. The zero-order chi connectivity index (χ0) is 18.0. The van der Waals surface area contributed by atoms with Gasteiger partial charge in [-0.25, -0.2) is 9.48 Å². The summed E-state index contributed by atoms with van der Waals surface area (Å²) in [6.07, 6.45) is 3.55. The molecule has 0 spiro atoms. The van der Waals surface area contributed by atoms with Gasteiger partial charge in [0, 0.05) is 18.1 Å². The van der Waals surface area contributed by atoms with Crippen LogP contribution in [0.15, 0.2) is 41.2 Å². The van der Waals surface area contributed by atoms with Crippen molar-refractivity contribution in [2.24, 2.45) is 0 Å². The van der Waals surface area contributed by atoms with E-state index >= 15 is 0 Å². The van der Waals surface area contributed by atoms with Crippen LogP contribution in [0.5, 0.6) is 0 Å². The maximum atomic E-state index is 12.4. The number of rotatable bonds is 4. The Morgan fingerprint density at radius 2 is 2.08 bits per heavy atom. The van der Waals surface area contributed by atoms with E-state index in [4.69, 9.17) is 4.52 Å². The Morgan fingerprint density at radius 1 is 1.28 bits per heavy atom. The normalized spacial score (nSPS) is 11.4. The molecule has 0 aliphatic heterocycles. The molecule has 0 bridgehead atoms. The van der Waals surface area contributed by atoms with E-state index in [0.717, 1.165) is 11.3 Å². The Balaban J connectivity index is 1.75. The first-order chi connectivity index (χ1) is 11.8. The predicted octanol–water partition coefficient (Wildman–Crippen LogP) is 2.93. The zero-order valence-electron chi connectivity index (χ0n) is 14.6. The fourth-order valence-electron chi connectivity index (χ4n) is 2.35. The summed E-state index contributed by atoms with van der Waals surface area (Å²) in [4.78, 5) is 16.6. The van der Waals surface area contributed by atoms with Crippen molar-refractivity contribution in [3.05, 3.63) is 53.9 Å². The molecule has 0 radical (unpaired) electrons. The number of carbonyl (C=O) groups excluding carboxylic acids is 1. The van der Waals surface area contributed by atoms with Crippen LogP contribution in [-0.2, 0) is 5.54 Å². The number of carbonyl (C=O) groups is 1.